The summed E-state index contributed by atoms with van der Waals surface area (Å²) in [6.45, 7) is 9.62. The van der Waals surface area contributed by atoms with E-state index in [1.807, 2.05) is 34.6 Å². The molecule has 0 aromatic heterocycles. The summed E-state index contributed by atoms with van der Waals surface area (Å²) in [6.07, 6.45) is 0.605. The Bertz CT molecular complexity index is 236. The van der Waals surface area contributed by atoms with Crippen LogP contribution in [0, 0.1) is 17.3 Å². The first kappa shape index (κ1) is 14.1. The second-order valence-electron chi connectivity index (χ2n) is 5.67. The lowest BCUT2D eigenvalue weighted by molar-refractivity contribution is -0.145. The lowest BCUT2D eigenvalue weighted by atomic mass is 9.84. The molecule has 0 bridgehead atoms. The van der Waals surface area contributed by atoms with Crippen LogP contribution in [0.2, 0.25) is 0 Å². The van der Waals surface area contributed by atoms with E-state index in [0.29, 0.717) is 6.42 Å². The summed E-state index contributed by atoms with van der Waals surface area (Å²) in [5, 5.41) is 8.94. The summed E-state index contributed by atoms with van der Waals surface area (Å²) >= 11 is 0. The van der Waals surface area contributed by atoms with Gasteiger partial charge in [-0.15, -0.1) is 0 Å². The highest BCUT2D eigenvalue weighted by Crippen LogP contribution is 2.23. The maximum atomic E-state index is 11.6. The molecule has 0 aromatic carbocycles. The number of carboxylic acid groups (broad SMARTS) is 1. The molecule has 3 heteroatoms. The van der Waals surface area contributed by atoms with Crippen LogP contribution in [0.3, 0.4) is 0 Å². The molecule has 0 amide bonds. The zero-order chi connectivity index (χ0) is 12.2. The zero-order valence-electron chi connectivity index (χ0n) is 10.3. The molecular formula is C12H22O3. The van der Waals surface area contributed by atoms with Crippen molar-refractivity contribution in [2.24, 2.45) is 17.3 Å². The Morgan fingerprint density at radius 2 is 1.67 bits per heavy atom. The van der Waals surface area contributed by atoms with Gasteiger partial charge in [0.05, 0.1) is 5.92 Å². The van der Waals surface area contributed by atoms with Crippen molar-refractivity contribution in [1.29, 1.82) is 0 Å². The predicted octanol–water partition coefficient (Wildman–Crippen LogP) is 2.74. The van der Waals surface area contributed by atoms with Gasteiger partial charge in [0.15, 0.2) is 0 Å². The van der Waals surface area contributed by atoms with E-state index in [2.05, 4.69) is 0 Å². The van der Waals surface area contributed by atoms with Crippen molar-refractivity contribution in [2.75, 3.05) is 0 Å². The predicted molar refractivity (Wildman–Crippen MR) is 59.7 cm³/mol. The Hall–Kier alpha value is -0.860. The lowest BCUT2D eigenvalue weighted by Gasteiger charge is -2.20. The van der Waals surface area contributed by atoms with Gasteiger partial charge in [-0.25, -0.2) is 0 Å². The van der Waals surface area contributed by atoms with Gasteiger partial charge in [0.2, 0.25) is 0 Å². The Morgan fingerprint density at radius 1 is 1.20 bits per heavy atom. The monoisotopic (exact) mass is 214 g/mol. The van der Waals surface area contributed by atoms with Crippen LogP contribution in [0.25, 0.3) is 0 Å². The third-order valence-electron chi connectivity index (χ3n) is 2.30. The highest BCUT2D eigenvalue weighted by Gasteiger charge is 2.26. The molecule has 0 radical (unpaired) electrons. The first-order valence-electron chi connectivity index (χ1n) is 5.38. The zero-order valence-corrected chi connectivity index (χ0v) is 10.3. The van der Waals surface area contributed by atoms with Crippen LogP contribution < -0.4 is 0 Å². The van der Waals surface area contributed by atoms with Crippen LogP contribution in [-0.2, 0) is 9.59 Å². The third-order valence-corrected chi connectivity index (χ3v) is 2.30. The number of carboxylic acids is 1. The highest BCUT2D eigenvalue weighted by atomic mass is 16.4. The number of hydrogen-bond donors (Lipinski definition) is 1. The minimum Gasteiger partial charge on any atom is -0.481 e. The number of hydrogen-bond acceptors (Lipinski definition) is 2. The molecular weight excluding hydrogens is 192 g/mol. The number of Topliss-reactive ketones (excluding diaryl/α,β-unsaturated/α-hetero) is 1. The molecule has 0 fully saturated rings. The van der Waals surface area contributed by atoms with Crippen LogP contribution in [-0.4, -0.2) is 16.9 Å². The van der Waals surface area contributed by atoms with Gasteiger partial charge < -0.3 is 5.11 Å². The average Bonchev–Trinajstić information content (AvgIpc) is 1.95. The van der Waals surface area contributed by atoms with E-state index in [9.17, 15) is 9.59 Å². The maximum absolute atomic E-state index is 11.6. The number of aliphatic carboxylic acids is 1. The van der Waals surface area contributed by atoms with E-state index in [1.54, 1.807) is 0 Å². The molecule has 1 N–H and O–H groups in total. The van der Waals surface area contributed by atoms with E-state index in [-0.39, 0.29) is 23.5 Å². The quantitative estimate of drug-likeness (QED) is 0.765. The Kier molecular flexibility index (Phi) is 4.98. The third kappa shape index (κ3) is 6.26. The Balaban J connectivity index is 4.31. The molecule has 88 valence electrons. The summed E-state index contributed by atoms with van der Waals surface area (Å²) in [6, 6.07) is 0. The summed E-state index contributed by atoms with van der Waals surface area (Å²) in [5.74, 6) is -1.36. The summed E-state index contributed by atoms with van der Waals surface area (Å²) in [4.78, 5) is 22.5. The molecule has 0 spiro atoms. The fourth-order valence-electron chi connectivity index (χ4n) is 1.52. The highest BCUT2D eigenvalue weighted by molar-refractivity contribution is 5.84. The van der Waals surface area contributed by atoms with E-state index < -0.39 is 11.9 Å². The summed E-state index contributed by atoms with van der Waals surface area (Å²) < 4.78 is 0. The first-order chi connectivity index (χ1) is 6.63. The van der Waals surface area contributed by atoms with Gasteiger partial charge in [0.1, 0.15) is 5.78 Å². The van der Waals surface area contributed by atoms with Crippen LogP contribution in [0.15, 0.2) is 0 Å². The standard InChI is InChI=1S/C12H22O3/c1-8(2)10(11(14)15)6-9(13)7-12(3,4)5/h8,10H,6-7H2,1-5H3,(H,14,15)/t10-/m0/s1. The number of carbonyl (C=O) groups excluding carboxylic acids is 1. The van der Waals surface area contributed by atoms with Crippen LogP contribution >= 0.6 is 0 Å². The molecule has 0 saturated carbocycles. The first-order valence-corrected chi connectivity index (χ1v) is 5.38. The Morgan fingerprint density at radius 3 is 1.93 bits per heavy atom. The SMILES string of the molecule is CC(C)[C@H](CC(=O)CC(C)(C)C)C(=O)O. The van der Waals surface area contributed by atoms with Crippen molar-refractivity contribution in [1.82, 2.24) is 0 Å². The van der Waals surface area contributed by atoms with E-state index >= 15 is 0 Å². The summed E-state index contributed by atoms with van der Waals surface area (Å²) in [7, 11) is 0. The number of rotatable bonds is 5. The van der Waals surface area contributed by atoms with Crippen LogP contribution in [0.4, 0.5) is 0 Å². The van der Waals surface area contributed by atoms with Gasteiger partial charge in [0, 0.05) is 12.8 Å². The summed E-state index contributed by atoms with van der Waals surface area (Å²) in [5.41, 5.74) is -0.0584. The number of ketones is 1. The molecule has 0 aliphatic rings. The maximum Gasteiger partial charge on any atom is 0.307 e. The topological polar surface area (TPSA) is 54.4 Å². The van der Waals surface area contributed by atoms with Crippen molar-refractivity contribution in [3.8, 4) is 0 Å². The van der Waals surface area contributed by atoms with E-state index in [0.717, 1.165) is 0 Å². The fraction of sp³-hybridized carbons (Fsp3) is 0.833. The average molecular weight is 214 g/mol. The van der Waals surface area contributed by atoms with Gasteiger partial charge in [-0.1, -0.05) is 34.6 Å². The molecule has 0 rings (SSSR count). The van der Waals surface area contributed by atoms with Crippen LogP contribution in [0.5, 0.6) is 0 Å². The van der Waals surface area contributed by atoms with Crippen molar-refractivity contribution < 1.29 is 14.7 Å². The number of carbonyl (C=O) groups is 2. The van der Waals surface area contributed by atoms with Crippen molar-refractivity contribution in [3.63, 3.8) is 0 Å². The van der Waals surface area contributed by atoms with Crippen molar-refractivity contribution >= 4 is 11.8 Å². The smallest absolute Gasteiger partial charge is 0.307 e. The van der Waals surface area contributed by atoms with Gasteiger partial charge in [-0.3, -0.25) is 9.59 Å². The molecule has 0 saturated heterocycles. The van der Waals surface area contributed by atoms with E-state index in [4.69, 9.17) is 5.11 Å². The molecule has 0 unspecified atom stereocenters. The molecule has 0 aliphatic heterocycles. The molecule has 1 atom stereocenters. The van der Waals surface area contributed by atoms with Gasteiger partial charge in [-0.05, 0) is 11.3 Å². The normalized spacial score (nSPS) is 14.0. The Labute approximate surface area is 91.9 Å². The van der Waals surface area contributed by atoms with E-state index in [1.165, 1.54) is 0 Å². The minimum absolute atomic E-state index is 0.00594. The largest absolute Gasteiger partial charge is 0.481 e. The van der Waals surface area contributed by atoms with Crippen molar-refractivity contribution in [2.45, 2.75) is 47.5 Å². The van der Waals surface area contributed by atoms with Crippen molar-refractivity contribution in [3.05, 3.63) is 0 Å². The molecule has 0 heterocycles. The molecule has 0 aliphatic carbocycles. The van der Waals surface area contributed by atoms with Gasteiger partial charge in [0.25, 0.3) is 0 Å². The van der Waals surface area contributed by atoms with Gasteiger partial charge in [-0.2, -0.15) is 0 Å². The van der Waals surface area contributed by atoms with Crippen LogP contribution in [0.1, 0.15) is 47.5 Å². The van der Waals surface area contributed by atoms with Gasteiger partial charge >= 0.3 is 5.97 Å². The molecule has 3 nitrogen and oxygen atoms in total. The molecule has 0 aromatic rings. The lowest BCUT2D eigenvalue weighted by Crippen LogP contribution is -2.25. The molecule has 15 heavy (non-hydrogen) atoms. The second-order valence-corrected chi connectivity index (χ2v) is 5.67. The minimum atomic E-state index is -0.868. The second kappa shape index (κ2) is 5.29. The fourth-order valence-corrected chi connectivity index (χ4v) is 1.52.